The van der Waals surface area contributed by atoms with Crippen LogP contribution in [0.4, 0.5) is 0 Å². The standard InChI is InChI=1S/C14H26N4/c1-9-5-10(2)7-12(6-9)14(16-15)13-8-18(4)17-11(13)3/h8-10,12,14,16H,5-7,15H2,1-4H3. The maximum atomic E-state index is 5.82. The third-order valence-corrected chi connectivity index (χ3v) is 4.25. The van der Waals surface area contributed by atoms with Crippen LogP contribution < -0.4 is 11.3 Å². The summed E-state index contributed by atoms with van der Waals surface area (Å²) in [5.74, 6) is 8.04. The van der Waals surface area contributed by atoms with Crippen LogP contribution in [0.3, 0.4) is 0 Å². The molecule has 0 aromatic carbocycles. The minimum Gasteiger partial charge on any atom is -0.275 e. The van der Waals surface area contributed by atoms with E-state index in [0.29, 0.717) is 5.92 Å². The van der Waals surface area contributed by atoms with Crippen molar-refractivity contribution in [2.45, 2.75) is 46.1 Å². The molecule has 3 atom stereocenters. The molecule has 1 aromatic rings. The molecule has 18 heavy (non-hydrogen) atoms. The predicted molar refractivity (Wildman–Crippen MR) is 73.7 cm³/mol. The molecule has 3 unspecified atom stereocenters. The predicted octanol–water partition coefficient (Wildman–Crippen LogP) is 2.31. The topological polar surface area (TPSA) is 55.9 Å². The largest absolute Gasteiger partial charge is 0.275 e. The second kappa shape index (κ2) is 5.41. The maximum Gasteiger partial charge on any atom is 0.0642 e. The zero-order valence-electron chi connectivity index (χ0n) is 12.0. The number of aryl methyl sites for hydroxylation is 2. The van der Waals surface area contributed by atoms with Crippen LogP contribution in [0.15, 0.2) is 6.20 Å². The van der Waals surface area contributed by atoms with Gasteiger partial charge in [-0.3, -0.25) is 16.0 Å². The normalized spacial score (nSPS) is 30.4. The van der Waals surface area contributed by atoms with E-state index in [1.54, 1.807) is 0 Å². The first kappa shape index (κ1) is 13.6. The van der Waals surface area contributed by atoms with Crippen molar-refractivity contribution in [2.75, 3.05) is 0 Å². The second-order valence-electron chi connectivity index (χ2n) is 6.17. The van der Waals surface area contributed by atoms with Crippen molar-refractivity contribution in [3.63, 3.8) is 0 Å². The van der Waals surface area contributed by atoms with E-state index >= 15 is 0 Å². The maximum absolute atomic E-state index is 5.82. The lowest BCUT2D eigenvalue weighted by Gasteiger charge is -2.36. The van der Waals surface area contributed by atoms with Crippen molar-refractivity contribution in [3.8, 4) is 0 Å². The molecule has 102 valence electrons. The summed E-state index contributed by atoms with van der Waals surface area (Å²) in [5.41, 5.74) is 5.38. The monoisotopic (exact) mass is 250 g/mol. The van der Waals surface area contributed by atoms with Gasteiger partial charge in [-0.05, 0) is 43.9 Å². The first-order chi connectivity index (χ1) is 8.51. The van der Waals surface area contributed by atoms with Gasteiger partial charge >= 0.3 is 0 Å². The SMILES string of the molecule is Cc1nn(C)cc1C(NN)C1CC(C)CC(C)C1. The fraction of sp³-hybridized carbons (Fsp3) is 0.786. The van der Waals surface area contributed by atoms with E-state index in [9.17, 15) is 0 Å². The number of rotatable bonds is 3. The van der Waals surface area contributed by atoms with Gasteiger partial charge in [0, 0.05) is 18.8 Å². The number of hydrazine groups is 1. The molecule has 4 nitrogen and oxygen atoms in total. The molecule has 0 saturated heterocycles. The van der Waals surface area contributed by atoms with Crippen LogP contribution in [-0.2, 0) is 7.05 Å². The summed E-state index contributed by atoms with van der Waals surface area (Å²) in [5, 5.41) is 4.43. The van der Waals surface area contributed by atoms with Crippen LogP contribution in [0.1, 0.15) is 50.4 Å². The first-order valence-electron chi connectivity index (χ1n) is 6.97. The van der Waals surface area contributed by atoms with E-state index in [4.69, 9.17) is 5.84 Å². The van der Waals surface area contributed by atoms with Crippen LogP contribution in [0.25, 0.3) is 0 Å². The molecule has 2 rings (SSSR count). The molecule has 1 fully saturated rings. The Hall–Kier alpha value is -0.870. The van der Waals surface area contributed by atoms with Gasteiger partial charge in [0.15, 0.2) is 0 Å². The molecule has 0 spiro atoms. The minimum absolute atomic E-state index is 0.240. The molecule has 0 aliphatic heterocycles. The van der Waals surface area contributed by atoms with Gasteiger partial charge in [-0.2, -0.15) is 5.10 Å². The van der Waals surface area contributed by atoms with Crippen molar-refractivity contribution in [1.82, 2.24) is 15.2 Å². The molecule has 0 bridgehead atoms. The molecule has 4 heteroatoms. The van der Waals surface area contributed by atoms with E-state index in [2.05, 4.69) is 37.5 Å². The number of nitrogens with two attached hydrogens (primary N) is 1. The molecule has 1 saturated carbocycles. The Morgan fingerprint density at radius 2 is 1.94 bits per heavy atom. The Morgan fingerprint density at radius 3 is 2.39 bits per heavy atom. The smallest absolute Gasteiger partial charge is 0.0642 e. The summed E-state index contributed by atoms with van der Waals surface area (Å²) in [6.45, 7) is 6.77. The van der Waals surface area contributed by atoms with Gasteiger partial charge in [-0.25, -0.2) is 0 Å². The molecular formula is C14H26N4. The summed E-state index contributed by atoms with van der Waals surface area (Å²) < 4.78 is 1.88. The number of nitrogens with one attached hydrogen (secondary N) is 1. The van der Waals surface area contributed by atoms with E-state index in [1.807, 2.05) is 11.7 Å². The highest BCUT2D eigenvalue weighted by Crippen LogP contribution is 2.39. The van der Waals surface area contributed by atoms with Gasteiger partial charge < -0.3 is 0 Å². The van der Waals surface area contributed by atoms with Crippen LogP contribution in [0.5, 0.6) is 0 Å². The quantitative estimate of drug-likeness (QED) is 0.639. The van der Waals surface area contributed by atoms with Gasteiger partial charge in [-0.1, -0.05) is 13.8 Å². The van der Waals surface area contributed by atoms with Gasteiger partial charge in [0.25, 0.3) is 0 Å². The number of hydrogen-bond donors (Lipinski definition) is 2. The summed E-state index contributed by atoms with van der Waals surface area (Å²) in [6.07, 6.45) is 5.96. The van der Waals surface area contributed by atoms with Crippen LogP contribution in [-0.4, -0.2) is 9.78 Å². The molecule has 3 N–H and O–H groups in total. The van der Waals surface area contributed by atoms with Crippen molar-refractivity contribution in [1.29, 1.82) is 0 Å². The van der Waals surface area contributed by atoms with E-state index < -0.39 is 0 Å². The van der Waals surface area contributed by atoms with Gasteiger partial charge in [0.1, 0.15) is 0 Å². The summed E-state index contributed by atoms with van der Waals surface area (Å²) in [6, 6.07) is 0.240. The number of aromatic nitrogens is 2. The van der Waals surface area contributed by atoms with Crippen LogP contribution in [0.2, 0.25) is 0 Å². The molecule has 1 aliphatic carbocycles. The van der Waals surface area contributed by atoms with E-state index in [-0.39, 0.29) is 6.04 Å². The highest BCUT2D eigenvalue weighted by Gasteiger charge is 2.31. The highest BCUT2D eigenvalue weighted by molar-refractivity contribution is 5.21. The molecule has 1 aromatic heterocycles. The molecule has 0 amide bonds. The lowest BCUT2D eigenvalue weighted by molar-refractivity contribution is 0.176. The zero-order valence-corrected chi connectivity index (χ0v) is 12.0. The zero-order chi connectivity index (χ0) is 13.3. The van der Waals surface area contributed by atoms with Crippen LogP contribution in [0, 0.1) is 24.7 Å². The Labute approximate surface area is 110 Å². The number of nitrogens with zero attached hydrogens (tertiary/aromatic N) is 2. The van der Waals surface area contributed by atoms with Gasteiger partial charge in [0.05, 0.1) is 11.7 Å². The molecule has 1 aliphatic rings. The van der Waals surface area contributed by atoms with Gasteiger partial charge in [0.2, 0.25) is 0 Å². The van der Waals surface area contributed by atoms with Crippen molar-refractivity contribution >= 4 is 0 Å². The average Bonchev–Trinajstić information content (AvgIpc) is 2.58. The third-order valence-electron chi connectivity index (χ3n) is 4.25. The Balaban J connectivity index is 2.20. The third kappa shape index (κ3) is 2.75. The molecular weight excluding hydrogens is 224 g/mol. The van der Waals surface area contributed by atoms with Crippen molar-refractivity contribution in [3.05, 3.63) is 17.5 Å². The number of hydrogen-bond acceptors (Lipinski definition) is 3. The lowest BCUT2D eigenvalue weighted by Crippen LogP contribution is -2.37. The summed E-state index contributed by atoms with van der Waals surface area (Å²) in [4.78, 5) is 0. The highest BCUT2D eigenvalue weighted by atomic mass is 15.3. The fourth-order valence-electron chi connectivity index (χ4n) is 3.68. The fourth-order valence-corrected chi connectivity index (χ4v) is 3.68. The summed E-state index contributed by atoms with van der Waals surface area (Å²) in [7, 11) is 1.97. The van der Waals surface area contributed by atoms with E-state index in [0.717, 1.165) is 17.5 Å². The Kier molecular flexibility index (Phi) is 4.07. The Morgan fingerprint density at radius 1 is 1.33 bits per heavy atom. The van der Waals surface area contributed by atoms with Crippen molar-refractivity contribution < 1.29 is 0 Å². The summed E-state index contributed by atoms with van der Waals surface area (Å²) >= 11 is 0. The lowest BCUT2D eigenvalue weighted by atomic mass is 9.72. The van der Waals surface area contributed by atoms with Gasteiger partial charge in [-0.15, -0.1) is 0 Å². The van der Waals surface area contributed by atoms with Crippen LogP contribution >= 0.6 is 0 Å². The van der Waals surface area contributed by atoms with E-state index in [1.165, 1.54) is 24.8 Å². The molecule has 0 radical (unpaired) electrons. The Bertz CT molecular complexity index is 388. The minimum atomic E-state index is 0.240. The first-order valence-corrected chi connectivity index (χ1v) is 6.97. The second-order valence-corrected chi connectivity index (χ2v) is 6.17. The molecule has 1 heterocycles. The average molecular weight is 250 g/mol. The van der Waals surface area contributed by atoms with Crippen molar-refractivity contribution in [2.24, 2.45) is 30.6 Å².